The molecule has 0 bridgehead atoms. The highest BCUT2D eigenvalue weighted by Gasteiger charge is 2.51. The van der Waals surface area contributed by atoms with E-state index in [1.807, 2.05) is 0 Å². The number of esters is 1. The molecule has 72 valence electrons. The average Bonchev–Trinajstić information content (AvgIpc) is 2.81. The van der Waals surface area contributed by atoms with E-state index in [0.29, 0.717) is 6.42 Å². The zero-order valence-corrected chi connectivity index (χ0v) is 7.69. The summed E-state index contributed by atoms with van der Waals surface area (Å²) in [5.74, 6) is -0.300. The van der Waals surface area contributed by atoms with E-state index in [-0.39, 0.29) is 12.1 Å². The third-order valence-corrected chi connectivity index (χ3v) is 2.68. The minimum Gasteiger partial charge on any atom is -0.457 e. The highest BCUT2D eigenvalue weighted by Crippen LogP contribution is 2.29. The Morgan fingerprint density at radius 3 is 2.85 bits per heavy atom. The van der Waals surface area contributed by atoms with Crippen molar-refractivity contribution in [3.63, 3.8) is 0 Å². The summed E-state index contributed by atoms with van der Waals surface area (Å²) < 4.78 is 6.14. The number of hydroxylamine groups is 1. The van der Waals surface area contributed by atoms with Crippen LogP contribution in [-0.4, -0.2) is 33.8 Å². The standard InChI is InChI=1S/C9H14NO3/c1-9(5-2-6-10(9)12)8(11)13-7-3-4-7/h6-7,12H,2-5H2,1H3/q+1. The number of carbonyl (C=O) groups is 1. The molecule has 2 aliphatic rings. The molecule has 0 aromatic carbocycles. The molecule has 1 N–H and O–H groups in total. The van der Waals surface area contributed by atoms with Gasteiger partial charge in [0.05, 0.1) is 0 Å². The van der Waals surface area contributed by atoms with Crippen LogP contribution in [-0.2, 0) is 9.53 Å². The molecule has 1 unspecified atom stereocenters. The largest absolute Gasteiger partial charge is 0.457 e. The van der Waals surface area contributed by atoms with Crippen molar-refractivity contribution in [3.05, 3.63) is 0 Å². The molecule has 0 radical (unpaired) electrons. The average molecular weight is 184 g/mol. The van der Waals surface area contributed by atoms with Gasteiger partial charge in [-0.05, 0) is 17.6 Å². The fraction of sp³-hybridized carbons (Fsp3) is 0.778. The molecule has 1 aliphatic heterocycles. The van der Waals surface area contributed by atoms with E-state index in [9.17, 15) is 10.0 Å². The summed E-state index contributed by atoms with van der Waals surface area (Å²) in [6.07, 6.45) is 5.03. The summed E-state index contributed by atoms with van der Waals surface area (Å²) in [7, 11) is 0. The van der Waals surface area contributed by atoms with Gasteiger partial charge in [-0.1, -0.05) is 0 Å². The summed E-state index contributed by atoms with van der Waals surface area (Å²) >= 11 is 0. The van der Waals surface area contributed by atoms with Crippen molar-refractivity contribution in [1.29, 1.82) is 0 Å². The van der Waals surface area contributed by atoms with Gasteiger partial charge < -0.3 is 4.74 Å². The number of carbonyl (C=O) groups excluding carboxylic acids is 1. The first-order valence-electron chi connectivity index (χ1n) is 4.65. The summed E-state index contributed by atoms with van der Waals surface area (Å²) in [6, 6.07) is 0. The summed E-state index contributed by atoms with van der Waals surface area (Å²) in [4.78, 5) is 11.6. The summed E-state index contributed by atoms with van der Waals surface area (Å²) in [6.45, 7) is 1.71. The van der Waals surface area contributed by atoms with Gasteiger partial charge in [0, 0.05) is 19.8 Å². The van der Waals surface area contributed by atoms with Gasteiger partial charge in [0.25, 0.3) is 0 Å². The van der Waals surface area contributed by atoms with Crippen LogP contribution in [0, 0.1) is 0 Å². The maximum absolute atomic E-state index is 11.6. The Labute approximate surface area is 76.8 Å². The monoisotopic (exact) mass is 184 g/mol. The van der Waals surface area contributed by atoms with Crippen LogP contribution in [0.3, 0.4) is 0 Å². The second-order valence-corrected chi connectivity index (χ2v) is 3.94. The predicted octanol–water partition coefficient (Wildman–Crippen LogP) is 0.717. The zero-order valence-electron chi connectivity index (χ0n) is 7.69. The molecule has 0 saturated heterocycles. The molecular formula is C9H14NO3+. The third-order valence-electron chi connectivity index (χ3n) is 2.68. The third kappa shape index (κ3) is 1.41. The molecule has 1 fully saturated rings. The van der Waals surface area contributed by atoms with Crippen LogP contribution in [0.5, 0.6) is 0 Å². The van der Waals surface area contributed by atoms with Crippen molar-refractivity contribution in [2.24, 2.45) is 0 Å². The van der Waals surface area contributed by atoms with Gasteiger partial charge in [-0.15, -0.1) is 0 Å². The number of ether oxygens (including phenoxy) is 1. The highest BCUT2D eigenvalue weighted by molar-refractivity contribution is 5.81. The molecule has 1 atom stereocenters. The molecule has 4 heteroatoms. The number of hydrogen-bond donors (Lipinski definition) is 1. The van der Waals surface area contributed by atoms with E-state index in [1.54, 1.807) is 13.1 Å². The highest BCUT2D eigenvalue weighted by atomic mass is 16.6. The lowest BCUT2D eigenvalue weighted by Gasteiger charge is -2.14. The summed E-state index contributed by atoms with van der Waals surface area (Å²) in [5, 5.41) is 9.43. The molecule has 0 amide bonds. The van der Waals surface area contributed by atoms with Gasteiger partial charge in [-0.25, -0.2) is 4.79 Å². The van der Waals surface area contributed by atoms with Crippen molar-refractivity contribution in [2.75, 3.05) is 0 Å². The molecule has 0 aromatic heterocycles. The normalized spacial score (nSPS) is 32.8. The van der Waals surface area contributed by atoms with E-state index < -0.39 is 5.54 Å². The molecule has 1 saturated carbocycles. The van der Waals surface area contributed by atoms with Gasteiger partial charge in [0.15, 0.2) is 6.21 Å². The molecule has 0 spiro atoms. The maximum Gasteiger partial charge on any atom is 0.383 e. The first kappa shape index (κ1) is 8.53. The first-order valence-corrected chi connectivity index (χ1v) is 4.65. The fourth-order valence-corrected chi connectivity index (χ4v) is 1.44. The molecule has 0 aromatic rings. The zero-order chi connectivity index (χ0) is 9.47. The van der Waals surface area contributed by atoms with Crippen molar-refractivity contribution in [1.82, 2.24) is 0 Å². The number of nitrogens with zero attached hydrogens (tertiary/aromatic N) is 1. The fourth-order valence-electron chi connectivity index (χ4n) is 1.44. The molecule has 2 rings (SSSR count). The van der Waals surface area contributed by atoms with Gasteiger partial charge in [0.2, 0.25) is 0 Å². The maximum atomic E-state index is 11.6. The molecular weight excluding hydrogens is 170 g/mol. The number of hydrogen-bond acceptors (Lipinski definition) is 3. The Hall–Kier alpha value is -1.06. The van der Waals surface area contributed by atoms with Crippen LogP contribution in [0.1, 0.15) is 32.6 Å². The van der Waals surface area contributed by atoms with Crippen molar-refractivity contribution >= 4 is 12.2 Å². The van der Waals surface area contributed by atoms with Crippen LogP contribution in [0.4, 0.5) is 0 Å². The Bertz CT molecular complexity index is 270. The van der Waals surface area contributed by atoms with Crippen LogP contribution in [0.25, 0.3) is 0 Å². The smallest absolute Gasteiger partial charge is 0.383 e. The number of rotatable bonds is 2. The lowest BCUT2D eigenvalue weighted by molar-refractivity contribution is -0.807. The van der Waals surface area contributed by atoms with Crippen molar-refractivity contribution in [2.45, 2.75) is 44.2 Å². The van der Waals surface area contributed by atoms with Gasteiger partial charge in [0.1, 0.15) is 6.10 Å². The quantitative estimate of drug-likeness (QED) is 0.391. The molecule has 1 aliphatic carbocycles. The van der Waals surface area contributed by atoms with Crippen molar-refractivity contribution < 1.29 is 19.5 Å². The topological polar surface area (TPSA) is 49.5 Å². The van der Waals surface area contributed by atoms with Crippen molar-refractivity contribution in [3.8, 4) is 0 Å². The minimum absolute atomic E-state index is 0.110. The van der Waals surface area contributed by atoms with E-state index in [0.717, 1.165) is 24.0 Å². The van der Waals surface area contributed by atoms with E-state index in [4.69, 9.17) is 4.74 Å². The predicted molar refractivity (Wildman–Crippen MR) is 44.9 cm³/mol. The lowest BCUT2D eigenvalue weighted by atomic mass is 10.0. The lowest BCUT2D eigenvalue weighted by Crippen LogP contribution is -2.44. The van der Waals surface area contributed by atoms with Crippen LogP contribution in [0.2, 0.25) is 0 Å². The van der Waals surface area contributed by atoms with Gasteiger partial charge in [-0.3, -0.25) is 5.21 Å². The second kappa shape index (κ2) is 2.72. The van der Waals surface area contributed by atoms with E-state index in [2.05, 4.69) is 0 Å². The first-order chi connectivity index (χ1) is 6.13. The summed E-state index contributed by atoms with van der Waals surface area (Å²) in [5.41, 5.74) is -0.845. The van der Waals surface area contributed by atoms with E-state index in [1.165, 1.54) is 0 Å². The van der Waals surface area contributed by atoms with Crippen LogP contribution >= 0.6 is 0 Å². The Morgan fingerprint density at radius 1 is 1.69 bits per heavy atom. The minimum atomic E-state index is -0.845. The van der Waals surface area contributed by atoms with Crippen LogP contribution in [0.15, 0.2) is 0 Å². The molecule has 4 nitrogen and oxygen atoms in total. The molecule has 13 heavy (non-hydrogen) atoms. The van der Waals surface area contributed by atoms with E-state index >= 15 is 0 Å². The molecule has 1 heterocycles. The van der Waals surface area contributed by atoms with Gasteiger partial charge >= 0.3 is 11.5 Å². The Kier molecular flexibility index (Phi) is 1.78. The second-order valence-electron chi connectivity index (χ2n) is 3.94. The SMILES string of the molecule is CC1(C(=O)OC2CC2)CCC=[N+]1O. The van der Waals surface area contributed by atoms with Crippen LogP contribution < -0.4 is 0 Å². The van der Waals surface area contributed by atoms with Gasteiger partial charge in [-0.2, -0.15) is 0 Å². The Balaban J connectivity index is 2.04. The Morgan fingerprint density at radius 2 is 2.38 bits per heavy atom.